The molecule has 4 rings (SSSR count). The number of hydrogen-bond donors (Lipinski definition) is 3. The van der Waals surface area contributed by atoms with Crippen LogP contribution in [-0.4, -0.2) is 39.0 Å². The zero-order valence-corrected chi connectivity index (χ0v) is 16.2. The molecule has 0 radical (unpaired) electrons. The van der Waals surface area contributed by atoms with Crippen molar-refractivity contribution in [3.8, 4) is 10.7 Å². The van der Waals surface area contributed by atoms with Crippen molar-refractivity contribution in [3.63, 3.8) is 0 Å². The largest absolute Gasteiger partial charge is 0.387 e. The smallest absolute Gasteiger partial charge is 0.171 e. The van der Waals surface area contributed by atoms with Gasteiger partial charge in [-0.05, 0) is 31.9 Å². The van der Waals surface area contributed by atoms with Gasteiger partial charge in [0.2, 0.25) is 0 Å². The number of nitrogens with one attached hydrogen (secondary N) is 2. The van der Waals surface area contributed by atoms with Crippen molar-refractivity contribution in [2.24, 2.45) is 0 Å². The Kier molecular flexibility index (Phi) is 5.20. The van der Waals surface area contributed by atoms with Crippen LogP contribution in [0.1, 0.15) is 47.4 Å². The predicted molar refractivity (Wildman–Crippen MR) is 105 cm³/mol. The van der Waals surface area contributed by atoms with Gasteiger partial charge in [0, 0.05) is 54.5 Å². The zero-order chi connectivity index (χ0) is 18.8. The Labute approximate surface area is 161 Å². The third-order valence-electron chi connectivity index (χ3n) is 4.60. The molecule has 0 aromatic carbocycles. The van der Waals surface area contributed by atoms with Crippen molar-refractivity contribution in [1.29, 1.82) is 0 Å². The van der Waals surface area contributed by atoms with E-state index in [4.69, 9.17) is 4.74 Å². The molecule has 3 aromatic heterocycles. The van der Waals surface area contributed by atoms with Crippen molar-refractivity contribution in [2.75, 3.05) is 19.0 Å². The summed E-state index contributed by atoms with van der Waals surface area (Å²) in [5.74, 6) is 2.77. The summed E-state index contributed by atoms with van der Waals surface area (Å²) in [6, 6.07) is 5.92. The van der Waals surface area contributed by atoms with Crippen LogP contribution in [0.4, 0.5) is 11.6 Å². The second-order valence-corrected chi connectivity index (χ2v) is 7.95. The van der Waals surface area contributed by atoms with Gasteiger partial charge in [-0.1, -0.05) is 0 Å². The van der Waals surface area contributed by atoms with E-state index in [0.29, 0.717) is 24.8 Å². The van der Waals surface area contributed by atoms with Crippen LogP contribution in [0.25, 0.3) is 10.7 Å². The van der Waals surface area contributed by atoms with Crippen LogP contribution in [0.15, 0.2) is 24.4 Å². The molecule has 3 heterocycles. The molecule has 0 amide bonds. The average molecular weight is 385 g/mol. The monoisotopic (exact) mass is 385 g/mol. The molecule has 1 saturated carbocycles. The Morgan fingerprint density at radius 2 is 2.26 bits per heavy atom. The number of aryl methyl sites for hydroxylation is 1. The van der Waals surface area contributed by atoms with Gasteiger partial charge >= 0.3 is 0 Å². The van der Waals surface area contributed by atoms with Gasteiger partial charge in [0.1, 0.15) is 5.82 Å². The number of rotatable bonds is 8. The fourth-order valence-electron chi connectivity index (χ4n) is 2.84. The molecular formula is C19H23N5O2S. The first-order valence-electron chi connectivity index (χ1n) is 9.07. The van der Waals surface area contributed by atoms with Crippen molar-refractivity contribution in [3.05, 3.63) is 40.5 Å². The number of methoxy groups -OCH3 is 1. The van der Waals surface area contributed by atoms with E-state index in [-0.39, 0.29) is 0 Å². The van der Waals surface area contributed by atoms with E-state index < -0.39 is 6.10 Å². The van der Waals surface area contributed by atoms with Gasteiger partial charge in [-0.3, -0.25) is 5.10 Å². The molecule has 0 bridgehead atoms. The highest BCUT2D eigenvalue weighted by atomic mass is 32.1. The minimum atomic E-state index is -0.531. The van der Waals surface area contributed by atoms with E-state index in [1.165, 1.54) is 29.9 Å². The fourth-order valence-corrected chi connectivity index (χ4v) is 3.81. The second-order valence-electron chi connectivity index (χ2n) is 6.83. The number of nitrogens with zero attached hydrogens (tertiary/aromatic N) is 3. The van der Waals surface area contributed by atoms with E-state index in [1.807, 2.05) is 25.1 Å². The number of aromatic amines is 1. The molecule has 1 atom stereocenters. The second kappa shape index (κ2) is 7.75. The molecule has 142 valence electrons. The molecular weight excluding hydrogens is 362 g/mol. The average Bonchev–Trinajstić information content (AvgIpc) is 3.21. The highest BCUT2D eigenvalue weighted by molar-refractivity contribution is 7.15. The van der Waals surface area contributed by atoms with Crippen LogP contribution < -0.4 is 5.32 Å². The summed E-state index contributed by atoms with van der Waals surface area (Å²) in [6.07, 6.45) is 4.31. The van der Waals surface area contributed by atoms with Crippen LogP contribution in [0.2, 0.25) is 0 Å². The van der Waals surface area contributed by atoms with Gasteiger partial charge in [-0.2, -0.15) is 5.10 Å². The lowest BCUT2D eigenvalue weighted by molar-refractivity contribution is 0.113. The standard InChI is InChI=1S/C19H23N5O2S/c1-11-10-20-19(16-6-5-15(27-16)14(25)7-8-26-2)22-18(11)21-17-9-13(23-24-17)12-3-4-12/h5-6,9-10,12,14,25H,3-4,7-8H2,1-2H3,(H2,20,21,22,23,24). The molecule has 8 heteroatoms. The maximum absolute atomic E-state index is 10.2. The summed E-state index contributed by atoms with van der Waals surface area (Å²) in [5.41, 5.74) is 2.13. The SMILES string of the molecule is COCCC(O)c1ccc(-c2ncc(C)c(Nc3cc(C4CC4)[nH]n3)n2)s1. The van der Waals surface area contributed by atoms with Gasteiger partial charge in [0.05, 0.1) is 11.0 Å². The number of aromatic nitrogens is 4. The van der Waals surface area contributed by atoms with Crippen LogP contribution in [0, 0.1) is 6.92 Å². The fraction of sp³-hybridized carbons (Fsp3) is 0.421. The van der Waals surface area contributed by atoms with E-state index >= 15 is 0 Å². The molecule has 27 heavy (non-hydrogen) atoms. The molecule has 1 aliphatic rings. The van der Waals surface area contributed by atoms with E-state index in [9.17, 15) is 5.11 Å². The lowest BCUT2D eigenvalue weighted by Crippen LogP contribution is -2.00. The maximum Gasteiger partial charge on any atom is 0.171 e. The highest BCUT2D eigenvalue weighted by Crippen LogP contribution is 2.39. The minimum absolute atomic E-state index is 0.524. The number of thiophene rings is 1. The normalized spacial score (nSPS) is 15.1. The Balaban J connectivity index is 1.52. The Hall–Kier alpha value is -2.29. The summed E-state index contributed by atoms with van der Waals surface area (Å²) >= 11 is 1.50. The first kappa shape index (κ1) is 18.1. The third kappa shape index (κ3) is 4.18. The van der Waals surface area contributed by atoms with Crippen LogP contribution >= 0.6 is 11.3 Å². The quantitative estimate of drug-likeness (QED) is 0.544. The molecule has 3 aromatic rings. The number of H-pyrrole nitrogens is 1. The van der Waals surface area contributed by atoms with Gasteiger partial charge < -0.3 is 15.2 Å². The topological polar surface area (TPSA) is 96.0 Å². The molecule has 0 saturated heterocycles. The third-order valence-corrected chi connectivity index (χ3v) is 5.79. The van der Waals surface area contributed by atoms with Gasteiger partial charge in [-0.25, -0.2) is 9.97 Å². The molecule has 0 aliphatic heterocycles. The van der Waals surface area contributed by atoms with Crippen LogP contribution in [-0.2, 0) is 4.74 Å². The summed E-state index contributed by atoms with van der Waals surface area (Å²) in [6.45, 7) is 2.49. The van der Waals surface area contributed by atoms with Crippen molar-refractivity contribution in [1.82, 2.24) is 20.2 Å². The van der Waals surface area contributed by atoms with E-state index in [0.717, 1.165) is 27.0 Å². The summed E-state index contributed by atoms with van der Waals surface area (Å²) < 4.78 is 5.03. The zero-order valence-electron chi connectivity index (χ0n) is 15.4. The predicted octanol–water partition coefficient (Wildman–Crippen LogP) is 3.93. The van der Waals surface area contributed by atoms with Crippen LogP contribution in [0.3, 0.4) is 0 Å². The summed E-state index contributed by atoms with van der Waals surface area (Å²) in [4.78, 5) is 10.9. The highest BCUT2D eigenvalue weighted by Gasteiger charge is 2.25. The molecule has 7 nitrogen and oxygen atoms in total. The number of hydrogen-bond acceptors (Lipinski definition) is 7. The molecule has 0 spiro atoms. The van der Waals surface area contributed by atoms with Crippen molar-refractivity contribution < 1.29 is 9.84 Å². The number of anilines is 2. The van der Waals surface area contributed by atoms with Crippen molar-refractivity contribution in [2.45, 2.75) is 38.2 Å². The summed E-state index contributed by atoms with van der Waals surface area (Å²) in [7, 11) is 1.63. The minimum Gasteiger partial charge on any atom is -0.387 e. The Morgan fingerprint density at radius 3 is 3.04 bits per heavy atom. The Morgan fingerprint density at radius 1 is 1.41 bits per heavy atom. The number of aliphatic hydroxyl groups excluding tert-OH is 1. The molecule has 3 N–H and O–H groups in total. The first-order valence-corrected chi connectivity index (χ1v) is 9.88. The lowest BCUT2D eigenvalue weighted by atomic mass is 10.2. The van der Waals surface area contributed by atoms with E-state index in [2.05, 4.69) is 25.5 Å². The van der Waals surface area contributed by atoms with Crippen LogP contribution in [0.5, 0.6) is 0 Å². The number of ether oxygens (including phenoxy) is 1. The van der Waals surface area contributed by atoms with Gasteiger partial charge in [0.25, 0.3) is 0 Å². The lowest BCUT2D eigenvalue weighted by Gasteiger charge is -2.08. The maximum atomic E-state index is 10.2. The Bertz CT molecular complexity index is 918. The van der Waals surface area contributed by atoms with Gasteiger partial charge in [-0.15, -0.1) is 11.3 Å². The molecule has 1 fully saturated rings. The van der Waals surface area contributed by atoms with Gasteiger partial charge in [0.15, 0.2) is 11.6 Å². The molecule has 1 aliphatic carbocycles. The van der Waals surface area contributed by atoms with E-state index in [1.54, 1.807) is 13.3 Å². The number of aliphatic hydroxyl groups is 1. The first-order chi connectivity index (χ1) is 13.1. The summed E-state index contributed by atoms with van der Waals surface area (Å²) in [5, 5.41) is 20.9. The molecule has 1 unspecified atom stereocenters. The van der Waals surface area contributed by atoms with Crippen molar-refractivity contribution >= 4 is 23.0 Å².